The summed E-state index contributed by atoms with van der Waals surface area (Å²) in [5, 5.41) is 5.09. The summed E-state index contributed by atoms with van der Waals surface area (Å²) >= 11 is 11.6. The summed E-state index contributed by atoms with van der Waals surface area (Å²) in [5.74, 6) is -0.163. The molecule has 1 rings (SSSR count). The molecule has 5 nitrogen and oxygen atoms in total. The van der Waals surface area contributed by atoms with Gasteiger partial charge >= 0.3 is 6.03 Å². The highest BCUT2D eigenvalue weighted by Gasteiger charge is 2.17. The number of carbonyl (C=O) groups excluding carboxylic acids is 2. The predicted molar refractivity (Wildman–Crippen MR) is 69.2 cm³/mol. The van der Waals surface area contributed by atoms with Crippen molar-refractivity contribution in [3.05, 3.63) is 28.2 Å². The van der Waals surface area contributed by atoms with Gasteiger partial charge < -0.3 is 10.1 Å². The molecule has 98 valence electrons. The number of imide groups is 1. The molecule has 1 atom stereocenters. The number of nitrogens with one attached hydrogen (secondary N) is 2. The van der Waals surface area contributed by atoms with Crippen molar-refractivity contribution < 1.29 is 14.3 Å². The number of ether oxygens (including phenoxy) is 1. The highest BCUT2D eigenvalue weighted by atomic mass is 35.5. The summed E-state index contributed by atoms with van der Waals surface area (Å²) in [6.45, 7) is 1.51. The first-order valence-corrected chi connectivity index (χ1v) is 5.84. The number of urea groups is 1. The zero-order valence-electron chi connectivity index (χ0n) is 9.79. The smallest absolute Gasteiger partial charge is 0.321 e. The van der Waals surface area contributed by atoms with E-state index in [4.69, 9.17) is 27.9 Å². The average Bonchev–Trinajstić information content (AvgIpc) is 2.33. The molecule has 0 fully saturated rings. The first-order chi connectivity index (χ1) is 8.43. The minimum Gasteiger partial charge on any atom is -0.481 e. The molecule has 0 saturated carbocycles. The van der Waals surface area contributed by atoms with Gasteiger partial charge in [0.1, 0.15) is 5.75 Å². The zero-order chi connectivity index (χ0) is 13.7. The van der Waals surface area contributed by atoms with E-state index in [2.05, 4.69) is 10.6 Å². The molecular formula is C11H12Cl2N2O3. The number of hydrogen-bond donors (Lipinski definition) is 2. The summed E-state index contributed by atoms with van der Waals surface area (Å²) in [7, 11) is 1.41. The molecule has 0 aliphatic rings. The van der Waals surface area contributed by atoms with Crippen LogP contribution in [0.1, 0.15) is 6.92 Å². The van der Waals surface area contributed by atoms with E-state index in [0.29, 0.717) is 15.8 Å². The normalized spacial score (nSPS) is 11.6. The maximum atomic E-state index is 11.5. The Morgan fingerprint density at radius 2 is 1.94 bits per heavy atom. The molecule has 0 aromatic heterocycles. The van der Waals surface area contributed by atoms with Crippen LogP contribution in [0, 0.1) is 0 Å². The van der Waals surface area contributed by atoms with E-state index in [1.165, 1.54) is 20.0 Å². The van der Waals surface area contributed by atoms with Crippen molar-refractivity contribution in [2.24, 2.45) is 0 Å². The second-order valence-electron chi connectivity index (χ2n) is 3.40. The van der Waals surface area contributed by atoms with Crippen molar-refractivity contribution in [2.45, 2.75) is 13.0 Å². The standard InChI is InChI=1S/C11H12Cl2N2O3/c1-6(10(16)15-11(17)14-2)18-7-3-4-8(12)9(13)5-7/h3-6H,1-2H3,(H2,14,15,16,17)/t6-/m1/s1. The van der Waals surface area contributed by atoms with Gasteiger partial charge in [0.15, 0.2) is 6.10 Å². The van der Waals surface area contributed by atoms with E-state index >= 15 is 0 Å². The Labute approximate surface area is 114 Å². The van der Waals surface area contributed by atoms with Gasteiger partial charge in [-0.3, -0.25) is 10.1 Å². The lowest BCUT2D eigenvalue weighted by molar-refractivity contribution is -0.126. The van der Waals surface area contributed by atoms with Crippen LogP contribution < -0.4 is 15.4 Å². The van der Waals surface area contributed by atoms with Gasteiger partial charge in [-0.15, -0.1) is 0 Å². The van der Waals surface area contributed by atoms with Crippen LogP contribution in [0.5, 0.6) is 5.75 Å². The lowest BCUT2D eigenvalue weighted by atomic mass is 10.3. The minimum atomic E-state index is -0.834. The molecule has 0 unspecified atom stereocenters. The first-order valence-electron chi connectivity index (χ1n) is 5.08. The van der Waals surface area contributed by atoms with Crippen LogP contribution in [0.25, 0.3) is 0 Å². The number of halogens is 2. The fourth-order valence-corrected chi connectivity index (χ4v) is 1.37. The van der Waals surface area contributed by atoms with Crippen LogP contribution in [0.3, 0.4) is 0 Å². The monoisotopic (exact) mass is 290 g/mol. The van der Waals surface area contributed by atoms with Crippen molar-refractivity contribution >= 4 is 35.1 Å². The number of carbonyl (C=O) groups is 2. The van der Waals surface area contributed by atoms with Crippen molar-refractivity contribution in [2.75, 3.05) is 7.05 Å². The second kappa shape index (κ2) is 6.47. The number of benzene rings is 1. The summed E-state index contributed by atoms with van der Waals surface area (Å²) in [4.78, 5) is 22.5. The fourth-order valence-electron chi connectivity index (χ4n) is 1.08. The van der Waals surface area contributed by atoms with E-state index in [1.807, 2.05) is 0 Å². The molecule has 0 radical (unpaired) electrons. The highest BCUT2D eigenvalue weighted by molar-refractivity contribution is 6.42. The summed E-state index contributed by atoms with van der Waals surface area (Å²) in [6.07, 6.45) is -0.834. The maximum Gasteiger partial charge on any atom is 0.321 e. The summed E-state index contributed by atoms with van der Waals surface area (Å²) in [6, 6.07) is 4.04. The Bertz CT molecular complexity index is 466. The third kappa shape index (κ3) is 4.09. The molecule has 1 aromatic carbocycles. The maximum absolute atomic E-state index is 11.5. The quantitative estimate of drug-likeness (QED) is 0.897. The van der Waals surface area contributed by atoms with E-state index in [-0.39, 0.29) is 0 Å². The summed E-state index contributed by atoms with van der Waals surface area (Å²) < 4.78 is 5.32. The molecule has 2 N–H and O–H groups in total. The number of rotatable bonds is 3. The van der Waals surface area contributed by atoms with Crippen molar-refractivity contribution in [1.82, 2.24) is 10.6 Å². The van der Waals surface area contributed by atoms with Crippen molar-refractivity contribution in [3.63, 3.8) is 0 Å². The minimum absolute atomic E-state index is 0.327. The molecule has 0 aliphatic carbocycles. The Morgan fingerprint density at radius 1 is 1.28 bits per heavy atom. The van der Waals surface area contributed by atoms with E-state index in [9.17, 15) is 9.59 Å². The average molecular weight is 291 g/mol. The van der Waals surface area contributed by atoms with E-state index < -0.39 is 18.0 Å². The molecule has 0 saturated heterocycles. The van der Waals surface area contributed by atoms with Gasteiger partial charge in [0.2, 0.25) is 0 Å². The van der Waals surface area contributed by atoms with Crippen molar-refractivity contribution in [3.8, 4) is 5.75 Å². The van der Waals surface area contributed by atoms with Crippen LogP contribution in [0.4, 0.5) is 4.79 Å². The summed E-state index contributed by atoms with van der Waals surface area (Å²) in [5.41, 5.74) is 0. The second-order valence-corrected chi connectivity index (χ2v) is 4.22. The van der Waals surface area contributed by atoms with Crippen LogP contribution in [-0.4, -0.2) is 25.1 Å². The van der Waals surface area contributed by atoms with Crippen LogP contribution in [-0.2, 0) is 4.79 Å². The van der Waals surface area contributed by atoms with Crippen LogP contribution >= 0.6 is 23.2 Å². The number of hydrogen-bond acceptors (Lipinski definition) is 3. The number of amides is 3. The van der Waals surface area contributed by atoms with E-state index in [1.54, 1.807) is 12.1 Å². The van der Waals surface area contributed by atoms with Gasteiger partial charge in [-0.25, -0.2) is 4.79 Å². The molecule has 18 heavy (non-hydrogen) atoms. The highest BCUT2D eigenvalue weighted by Crippen LogP contribution is 2.26. The van der Waals surface area contributed by atoms with E-state index in [0.717, 1.165) is 0 Å². The lowest BCUT2D eigenvalue weighted by Gasteiger charge is -2.14. The Hall–Kier alpha value is -1.46. The molecule has 0 bridgehead atoms. The largest absolute Gasteiger partial charge is 0.481 e. The predicted octanol–water partition coefficient (Wildman–Crippen LogP) is 2.22. The van der Waals surface area contributed by atoms with Gasteiger partial charge in [-0.1, -0.05) is 23.2 Å². The van der Waals surface area contributed by atoms with Gasteiger partial charge in [0, 0.05) is 13.1 Å². The van der Waals surface area contributed by atoms with Crippen molar-refractivity contribution in [1.29, 1.82) is 0 Å². The fraction of sp³-hybridized carbons (Fsp3) is 0.273. The zero-order valence-corrected chi connectivity index (χ0v) is 11.3. The van der Waals surface area contributed by atoms with Gasteiger partial charge in [0.25, 0.3) is 5.91 Å². The Morgan fingerprint density at radius 3 is 2.50 bits per heavy atom. The Balaban J connectivity index is 2.63. The molecule has 0 spiro atoms. The third-order valence-corrected chi connectivity index (χ3v) is 2.78. The molecule has 3 amide bonds. The topological polar surface area (TPSA) is 67.4 Å². The van der Waals surface area contributed by atoms with Gasteiger partial charge in [0.05, 0.1) is 10.0 Å². The first kappa shape index (κ1) is 14.6. The third-order valence-electron chi connectivity index (χ3n) is 2.04. The molecule has 0 heterocycles. The molecule has 7 heteroatoms. The Kier molecular flexibility index (Phi) is 5.25. The lowest BCUT2D eigenvalue weighted by Crippen LogP contribution is -2.43. The van der Waals surface area contributed by atoms with Gasteiger partial charge in [-0.2, -0.15) is 0 Å². The van der Waals surface area contributed by atoms with Crippen LogP contribution in [0.15, 0.2) is 18.2 Å². The molecule has 0 aliphatic heterocycles. The molecule has 1 aromatic rings. The SMILES string of the molecule is CNC(=O)NC(=O)[C@@H](C)Oc1ccc(Cl)c(Cl)c1. The van der Waals surface area contributed by atoms with Crippen LogP contribution in [0.2, 0.25) is 10.0 Å². The van der Waals surface area contributed by atoms with Gasteiger partial charge in [-0.05, 0) is 19.1 Å². The molecular weight excluding hydrogens is 279 g/mol.